The van der Waals surface area contributed by atoms with Gasteiger partial charge in [-0.15, -0.1) is 11.8 Å². The molecule has 1 N–H and O–H groups in total. The Balaban J connectivity index is 1.85. The Bertz CT molecular complexity index is 654. The first kappa shape index (κ1) is 16.0. The third-order valence-electron chi connectivity index (χ3n) is 3.06. The van der Waals surface area contributed by atoms with E-state index in [1.807, 2.05) is 24.3 Å². The van der Waals surface area contributed by atoms with Gasteiger partial charge in [0.2, 0.25) is 5.91 Å². The van der Waals surface area contributed by atoms with Gasteiger partial charge in [-0.2, -0.15) is 0 Å². The highest BCUT2D eigenvalue weighted by Crippen LogP contribution is 2.21. The van der Waals surface area contributed by atoms with Crippen molar-refractivity contribution in [2.75, 3.05) is 11.1 Å². The van der Waals surface area contributed by atoms with Crippen molar-refractivity contribution in [2.24, 2.45) is 0 Å². The Labute approximate surface area is 132 Å². The maximum atomic E-state index is 11.9. The van der Waals surface area contributed by atoms with E-state index in [1.165, 1.54) is 29.5 Å². The zero-order valence-corrected chi connectivity index (χ0v) is 12.9. The Morgan fingerprint density at radius 1 is 1.14 bits per heavy atom. The molecule has 6 heteroatoms. The van der Waals surface area contributed by atoms with Crippen LogP contribution in [0.5, 0.6) is 0 Å². The first-order valence-electron chi connectivity index (χ1n) is 6.84. The van der Waals surface area contributed by atoms with E-state index in [2.05, 4.69) is 12.2 Å². The second kappa shape index (κ2) is 7.61. The average Bonchev–Trinajstić information content (AvgIpc) is 2.54. The van der Waals surface area contributed by atoms with E-state index in [9.17, 15) is 14.9 Å². The molecular formula is C16H16N2O3S. The van der Waals surface area contributed by atoms with Gasteiger partial charge in [-0.1, -0.05) is 19.1 Å². The molecule has 0 bridgehead atoms. The van der Waals surface area contributed by atoms with Crippen LogP contribution in [0.4, 0.5) is 11.4 Å². The first-order valence-corrected chi connectivity index (χ1v) is 7.83. The monoisotopic (exact) mass is 316 g/mol. The molecule has 0 saturated heterocycles. The van der Waals surface area contributed by atoms with Crippen molar-refractivity contribution in [1.82, 2.24) is 0 Å². The number of benzene rings is 2. The maximum absolute atomic E-state index is 11.9. The van der Waals surface area contributed by atoms with Crippen LogP contribution < -0.4 is 5.32 Å². The zero-order valence-electron chi connectivity index (χ0n) is 12.1. The number of thioether (sulfide) groups is 1. The van der Waals surface area contributed by atoms with Crippen molar-refractivity contribution >= 4 is 29.0 Å². The lowest BCUT2D eigenvalue weighted by Gasteiger charge is -2.06. The molecule has 0 heterocycles. The molecule has 22 heavy (non-hydrogen) atoms. The topological polar surface area (TPSA) is 72.2 Å². The number of anilines is 1. The Morgan fingerprint density at radius 2 is 1.77 bits per heavy atom. The number of nitro groups is 1. The van der Waals surface area contributed by atoms with Gasteiger partial charge in [-0.05, 0) is 36.2 Å². The molecule has 0 aliphatic heterocycles. The highest BCUT2D eigenvalue weighted by molar-refractivity contribution is 8.00. The molecule has 0 aliphatic rings. The predicted molar refractivity (Wildman–Crippen MR) is 88.3 cm³/mol. The number of nitrogens with one attached hydrogen (secondary N) is 1. The van der Waals surface area contributed by atoms with E-state index in [0.717, 1.165) is 17.0 Å². The van der Waals surface area contributed by atoms with E-state index in [1.54, 1.807) is 12.1 Å². The lowest BCUT2D eigenvalue weighted by atomic mass is 10.1. The smallest absolute Gasteiger partial charge is 0.269 e. The normalized spacial score (nSPS) is 10.2. The molecule has 2 aromatic rings. The second-order valence-corrected chi connectivity index (χ2v) is 5.69. The number of carbonyl (C=O) groups excluding carboxylic acids is 1. The van der Waals surface area contributed by atoms with Crippen LogP contribution in [0, 0.1) is 10.1 Å². The molecule has 5 nitrogen and oxygen atoms in total. The minimum atomic E-state index is -0.443. The summed E-state index contributed by atoms with van der Waals surface area (Å²) < 4.78 is 0. The van der Waals surface area contributed by atoms with Gasteiger partial charge >= 0.3 is 0 Å². The van der Waals surface area contributed by atoms with Gasteiger partial charge in [0.1, 0.15) is 0 Å². The largest absolute Gasteiger partial charge is 0.325 e. The number of aryl methyl sites for hydroxylation is 1. The first-order chi connectivity index (χ1) is 10.6. The fourth-order valence-corrected chi connectivity index (χ4v) is 2.53. The van der Waals surface area contributed by atoms with Crippen LogP contribution in [-0.2, 0) is 11.2 Å². The summed E-state index contributed by atoms with van der Waals surface area (Å²) in [7, 11) is 0. The summed E-state index contributed by atoms with van der Waals surface area (Å²) >= 11 is 1.34. The Kier molecular flexibility index (Phi) is 5.55. The van der Waals surface area contributed by atoms with Crippen LogP contribution in [0.25, 0.3) is 0 Å². The molecule has 0 aliphatic carbocycles. The van der Waals surface area contributed by atoms with Crippen molar-refractivity contribution in [2.45, 2.75) is 18.2 Å². The summed E-state index contributed by atoms with van der Waals surface area (Å²) in [4.78, 5) is 22.8. The summed E-state index contributed by atoms with van der Waals surface area (Å²) in [5.74, 6) is 0.153. The molecule has 0 radical (unpaired) electrons. The van der Waals surface area contributed by atoms with Crippen molar-refractivity contribution in [3.63, 3.8) is 0 Å². The van der Waals surface area contributed by atoms with Crippen LogP contribution in [0.3, 0.4) is 0 Å². The SMILES string of the molecule is CCc1ccc(NC(=O)CSc2ccc([N+](=O)[O-])cc2)cc1. The standard InChI is InChI=1S/C16H16N2O3S/c1-2-12-3-5-13(6-4-12)17-16(19)11-22-15-9-7-14(8-10-15)18(20)21/h3-10H,2,11H2,1H3,(H,17,19). The molecule has 2 rings (SSSR count). The van der Waals surface area contributed by atoms with Gasteiger partial charge in [-0.3, -0.25) is 14.9 Å². The highest BCUT2D eigenvalue weighted by atomic mass is 32.2. The number of carbonyl (C=O) groups is 1. The van der Waals surface area contributed by atoms with Crippen LogP contribution >= 0.6 is 11.8 Å². The van der Waals surface area contributed by atoms with Crippen molar-refractivity contribution in [3.05, 3.63) is 64.2 Å². The van der Waals surface area contributed by atoms with Crippen molar-refractivity contribution < 1.29 is 9.72 Å². The molecular weight excluding hydrogens is 300 g/mol. The van der Waals surface area contributed by atoms with Crippen LogP contribution in [0.1, 0.15) is 12.5 Å². The average molecular weight is 316 g/mol. The highest BCUT2D eigenvalue weighted by Gasteiger charge is 2.07. The Morgan fingerprint density at radius 3 is 2.32 bits per heavy atom. The predicted octanol–water partition coefficient (Wildman–Crippen LogP) is 3.89. The molecule has 0 unspecified atom stereocenters. The minimum absolute atomic E-state index is 0.0461. The molecule has 114 valence electrons. The van der Waals surface area contributed by atoms with Gasteiger partial charge in [-0.25, -0.2) is 0 Å². The summed E-state index contributed by atoms with van der Waals surface area (Å²) in [6.07, 6.45) is 0.963. The van der Waals surface area contributed by atoms with E-state index in [-0.39, 0.29) is 17.3 Å². The van der Waals surface area contributed by atoms with Crippen LogP contribution in [-0.4, -0.2) is 16.6 Å². The molecule has 0 aromatic heterocycles. The molecule has 0 saturated carbocycles. The van der Waals surface area contributed by atoms with Crippen LogP contribution in [0.2, 0.25) is 0 Å². The molecule has 0 fully saturated rings. The maximum Gasteiger partial charge on any atom is 0.269 e. The number of non-ortho nitro benzene ring substituents is 1. The third kappa shape index (κ3) is 4.60. The number of amides is 1. The summed E-state index contributed by atoms with van der Waals surface area (Å²) in [6, 6.07) is 13.9. The lowest BCUT2D eigenvalue weighted by Crippen LogP contribution is -2.13. The van der Waals surface area contributed by atoms with E-state index >= 15 is 0 Å². The van der Waals surface area contributed by atoms with E-state index < -0.39 is 4.92 Å². The Hall–Kier alpha value is -2.34. The fourth-order valence-electron chi connectivity index (χ4n) is 1.83. The van der Waals surface area contributed by atoms with Gasteiger partial charge in [0.05, 0.1) is 10.7 Å². The van der Waals surface area contributed by atoms with Gasteiger partial charge < -0.3 is 5.32 Å². The summed E-state index contributed by atoms with van der Waals surface area (Å²) in [6.45, 7) is 2.08. The quantitative estimate of drug-likeness (QED) is 0.498. The second-order valence-electron chi connectivity index (χ2n) is 4.64. The zero-order chi connectivity index (χ0) is 15.9. The van der Waals surface area contributed by atoms with E-state index in [4.69, 9.17) is 0 Å². The summed E-state index contributed by atoms with van der Waals surface area (Å²) in [5, 5.41) is 13.4. The van der Waals surface area contributed by atoms with Gasteiger partial charge in [0, 0.05) is 22.7 Å². The molecule has 0 spiro atoms. The molecule has 2 aromatic carbocycles. The van der Waals surface area contributed by atoms with Crippen LogP contribution in [0.15, 0.2) is 53.4 Å². The molecule has 1 amide bonds. The number of hydrogen-bond donors (Lipinski definition) is 1. The molecule has 0 atom stereocenters. The van der Waals surface area contributed by atoms with Crippen molar-refractivity contribution in [1.29, 1.82) is 0 Å². The summed E-state index contributed by atoms with van der Waals surface area (Å²) in [5.41, 5.74) is 2.04. The third-order valence-corrected chi connectivity index (χ3v) is 4.08. The number of nitrogens with zero attached hydrogens (tertiary/aromatic N) is 1. The fraction of sp³-hybridized carbons (Fsp3) is 0.188. The number of rotatable bonds is 6. The van der Waals surface area contributed by atoms with Gasteiger partial charge in [0.15, 0.2) is 0 Å². The number of nitro benzene ring substituents is 1. The van der Waals surface area contributed by atoms with E-state index in [0.29, 0.717) is 0 Å². The number of hydrogen-bond acceptors (Lipinski definition) is 4. The lowest BCUT2D eigenvalue weighted by molar-refractivity contribution is -0.384. The minimum Gasteiger partial charge on any atom is -0.325 e. The van der Waals surface area contributed by atoms with Gasteiger partial charge in [0.25, 0.3) is 5.69 Å². The van der Waals surface area contributed by atoms with Crippen molar-refractivity contribution in [3.8, 4) is 0 Å².